The first-order chi connectivity index (χ1) is 6.62. The monoisotopic (exact) mass is 212 g/mol. The highest BCUT2D eigenvalue weighted by molar-refractivity contribution is 5.81. The molecule has 0 aromatic rings. The fourth-order valence-corrected chi connectivity index (χ4v) is 1.78. The van der Waals surface area contributed by atoms with Gasteiger partial charge in [-0.1, -0.05) is 20.8 Å². The summed E-state index contributed by atoms with van der Waals surface area (Å²) in [5.74, 6) is 0.259. The molecule has 1 saturated heterocycles. The molecule has 1 amide bonds. The van der Waals surface area contributed by atoms with E-state index in [-0.39, 0.29) is 16.9 Å². The molecule has 88 valence electrons. The van der Waals surface area contributed by atoms with Crippen molar-refractivity contribution < 1.29 is 4.79 Å². The maximum atomic E-state index is 12.0. The van der Waals surface area contributed by atoms with Crippen LogP contribution in [-0.4, -0.2) is 41.0 Å². The van der Waals surface area contributed by atoms with Gasteiger partial charge in [-0.05, 0) is 20.8 Å². The third-order valence-electron chi connectivity index (χ3n) is 2.86. The summed E-state index contributed by atoms with van der Waals surface area (Å²) in [4.78, 5) is 16.3. The van der Waals surface area contributed by atoms with Crippen LogP contribution >= 0.6 is 0 Å². The average molecular weight is 212 g/mol. The van der Waals surface area contributed by atoms with Gasteiger partial charge in [0.05, 0.1) is 6.67 Å². The number of hydrogen-bond donors (Lipinski definition) is 0. The van der Waals surface area contributed by atoms with Crippen LogP contribution in [0.4, 0.5) is 0 Å². The van der Waals surface area contributed by atoms with Crippen molar-refractivity contribution in [3.63, 3.8) is 0 Å². The molecular weight excluding hydrogens is 188 g/mol. The van der Waals surface area contributed by atoms with Crippen LogP contribution in [0.3, 0.4) is 0 Å². The number of nitrogens with zero attached hydrogens (tertiary/aromatic N) is 2. The quantitative estimate of drug-likeness (QED) is 0.612. The fraction of sp³-hybridized carbons (Fsp3) is 0.917. The van der Waals surface area contributed by atoms with Crippen molar-refractivity contribution >= 4 is 5.91 Å². The molecule has 3 heteroatoms. The Balaban J connectivity index is 2.62. The van der Waals surface area contributed by atoms with Gasteiger partial charge in [0.1, 0.15) is 0 Å². The van der Waals surface area contributed by atoms with Crippen molar-refractivity contribution in [2.75, 3.05) is 19.8 Å². The molecule has 0 saturated carbocycles. The second-order valence-corrected chi connectivity index (χ2v) is 6.39. The lowest BCUT2D eigenvalue weighted by atomic mass is 9.95. The Labute approximate surface area is 93.4 Å². The lowest BCUT2D eigenvalue weighted by Crippen LogP contribution is -2.43. The summed E-state index contributed by atoms with van der Waals surface area (Å²) in [6, 6.07) is 0. The molecule has 1 heterocycles. The van der Waals surface area contributed by atoms with E-state index in [1.165, 1.54) is 0 Å². The summed E-state index contributed by atoms with van der Waals surface area (Å²) >= 11 is 0. The second kappa shape index (κ2) is 3.78. The maximum absolute atomic E-state index is 12.0. The molecular formula is C12H24N2O. The van der Waals surface area contributed by atoms with Crippen molar-refractivity contribution in [1.82, 2.24) is 9.80 Å². The average Bonchev–Trinajstić information content (AvgIpc) is 2.47. The third-order valence-corrected chi connectivity index (χ3v) is 2.86. The van der Waals surface area contributed by atoms with Gasteiger partial charge >= 0.3 is 0 Å². The summed E-state index contributed by atoms with van der Waals surface area (Å²) in [5, 5.41) is 0. The Morgan fingerprint density at radius 3 is 1.87 bits per heavy atom. The van der Waals surface area contributed by atoms with E-state index in [2.05, 4.69) is 25.7 Å². The molecule has 0 N–H and O–H groups in total. The summed E-state index contributed by atoms with van der Waals surface area (Å²) in [6.07, 6.45) is 0. The molecule has 1 fully saturated rings. The van der Waals surface area contributed by atoms with Crippen LogP contribution in [0.2, 0.25) is 0 Å². The van der Waals surface area contributed by atoms with Crippen molar-refractivity contribution in [2.45, 2.75) is 47.1 Å². The summed E-state index contributed by atoms with van der Waals surface area (Å²) in [6.45, 7) is 15.2. The summed E-state index contributed by atoms with van der Waals surface area (Å²) < 4.78 is 0. The summed E-state index contributed by atoms with van der Waals surface area (Å²) in [5.41, 5.74) is -0.0964. The van der Waals surface area contributed by atoms with Crippen LogP contribution in [-0.2, 0) is 4.79 Å². The van der Waals surface area contributed by atoms with Gasteiger partial charge in [0, 0.05) is 24.0 Å². The van der Waals surface area contributed by atoms with Gasteiger partial charge in [-0.3, -0.25) is 9.69 Å². The van der Waals surface area contributed by atoms with Crippen molar-refractivity contribution in [1.29, 1.82) is 0 Å². The smallest absolute Gasteiger partial charge is 0.229 e. The van der Waals surface area contributed by atoms with E-state index < -0.39 is 0 Å². The number of amides is 1. The van der Waals surface area contributed by atoms with E-state index in [1.807, 2.05) is 25.7 Å². The Hall–Kier alpha value is -0.570. The minimum absolute atomic E-state index is 0.160. The lowest BCUT2D eigenvalue weighted by molar-refractivity contribution is -0.139. The Morgan fingerprint density at radius 1 is 1.00 bits per heavy atom. The molecule has 15 heavy (non-hydrogen) atoms. The van der Waals surface area contributed by atoms with E-state index in [0.29, 0.717) is 0 Å². The molecule has 0 bridgehead atoms. The molecule has 0 aromatic carbocycles. The predicted octanol–water partition coefficient (Wildman–Crippen LogP) is 1.93. The van der Waals surface area contributed by atoms with Crippen molar-refractivity contribution in [3.05, 3.63) is 0 Å². The number of carbonyl (C=O) groups is 1. The first-order valence-electron chi connectivity index (χ1n) is 5.67. The van der Waals surface area contributed by atoms with Gasteiger partial charge in [0.2, 0.25) is 5.91 Å². The van der Waals surface area contributed by atoms with Gasteiger partial charge in [-0.15, -0.1) is 0 Å². The van der Waals surface area contributed by atoms with Crippen LogP contribution < -0.4 is 0 Å². The molecule has 0 spiro atoms. The molecule has 0 aromatic heterocycles. The maximum Gasteiger partial charge on any atom is 0.229 e. The normalized spacial score (nSPS) is 19.7. The van der Waals surface area contributed by atoms with Crippen LogP contribution in [0, 0.1) is 5.41 Å². The minimum atomic E-state index is -0.256. The molecule has 0 radical (unpaired) electrons. The van der Waals surface area contributed by atoms with Crippen LogP contribution in [0.15, 0.2) is 0 Å². The molecule has 1 rings (SSSR count). The van der Waals surface area contributed by atoms with Crippen LogP contribution in [0.5, 0.6) is 0 Å². The first kappa shape index (κ1) is 12.5. The molecule has 1 aliphatic rings. The largest absolute Gasteiger partial charge is 0.328 e. The number of rotatable bonds is 0. The topological polar surface area (TPSA) is 23.6 Å². The van der Waals surface area contributed by atoms with E-state index >= 15 is 0 Å². The van der Waals surface area contributed by atoms with E-state index in [1.54, 1.807) is 0 Å². The minimum Gasteiger partial charge on any atom is -0.328 e. The van der Waals surface area contributed by atoms with Gasteiger partial charge in [-0.2, -0.15) is 0 Å². The lowest BCUT2D eigenvalue weighted by Gasteiger charge is -2.32. The van der Waals surface area contributed by atoms with Crippen LogP contribution in [0.1, 0.15) is 41.5 Å². The van der Waals surface area contributed by atoms with E-state index in [9.17, 15) is 4.79 Å². The second-order valence-electron chi connectivity index (χ2n) is 6.39. The zero-order valence-corrected chi connectivity index (χ0v) is 10.9. The zero-order chi connectivity index (χ0) is 11.9. The SMILES string of the molecule is CC(C)(C)C(=O)N1CCN(C(C)(C)C)C1. The predicted molar refractivity (Wildman–Crippen MR) is 62.5 cm³/mol. The summed E-state index contributed by atoms with van der Waals surface area (Å²) in [7, 11) is 0. The molecule has 0 aliphatic carbocycles. The van der Waals surface area contributed by atoms with E-state index in [0.717, 1.165) is 19.8 Å². The highest BCUT2D eigenvalue weighted by atomic mass is 16.2. The standard InChI is InChI=1S/C12H24N2O/c1-11(2,3)10(15)13-7-8-14(9-13)12(4,5)6/h7-9H2,1-6H3. The van der Waals surface area contributed by atoms with Gasteiger partial charge in [0.15, 0.2) is 0 Å². The zero-order valence-electron chi connectivity index (χ0n) is 10.9. The number of carbonyl (C=O) groups excluding carboxylic acids is 1. The molecule has 0 atom stereocenters. The van der Waals surface area contributed by atoms with Gasteiger partial charge in [-0.25, -0.2) is 0 Å². The highest BCUT2D eigenvalue weighted by Crippen LogP contribution is 2.23. The molecule has 1 aliphatic heterocycles. The Morgan fingerprint density at radius 2 is 1.53 bits per heavy atom. The molecule has 0 unspecified atom stereocenters. The first-order valence-corrected chi connectivity index (χ1v) is 5.67. The third kappa shape index (κ3) is 2.94. The highest BCUT2D eigenvalue weighted by Gasteiger charge is 2.35. The van der Waals surface area contributed by atoms with Crippen molar-refractivity contribution in [3.8, 4) is 0 Å². The fourth-order valence-electron chi connectivity index (χ4n) is 1.78. The molecule has 3 nitrogen and oxygen atoms in total. The Kier molecular flexibility index (Phi) is 3.15. The van der Waals surface area contributed by atoms with Crippen molar-refractivity contribution in [2.24, 2.45) is 5.41 Å². The van der Waals surface area contributed by atoms with Gasteiger partial charge in [0.25, 0.3) is 0 Å². The van der Waals surface area contributed by atoms with Gasteiger partial charge < -0.3 is 4.90 Å². The number of hydrogen-bond acceptors (Lipinski definition) is 2. The van der Waals surface area contributed by atoms with E-state index in [4.69, 9.17) is 0 Å². The van der Waals surface area contributed by atoms with Crippen LogP contribution in [0.25, 0.3) is 0 Å². The Bertz CT molecular complexity index is 247.